The summed E-state index contributed by atoms with van der Waals surface area (Å²) in [5.74, 6) is -0.116. The molecule has 1 aromatic heterocycles. The summed E-state index contributed by atoms with van der Waals surface area (Å²) < 4.78 is 8.75. The molecule has 0 atom stereocenters. The van der Waals surface area contributed by atoms with Crippen molar-refractivity contribution in [3.8, 4) is 5.88 Å². The molecule has 0 aromatic carbocycles. The van der Waals surface area contributed by atoms with E-state index in [2.05, 4.69) is 23.7 Å². The van der Waals surface area contributed by atoms with Gasteiger partial charge in [0.15, 0.2) is 4.77 Å². The van der Waals surface area contributed by atoms with Crippen LogP contribution in [0, 0.1) is 4.77 Å². The molecule has 0 unspecified atom stereocenters. The van der Waals surface area contributed by atoms with Crippen LogP contribution in [-0.4, -0.2) is 63.7 Å². The fourth-order valence-corrected chi connectivity index (χ4v) is 3.44. The van der Waals surface area contributed by atoms with Gasteiger partial charge in [0.1, 0.15) is 5.56 Å². The van der Waals surface area contributed by atoms with Crippen LogP contribution in [0.3, 0.4) is 0 Å². The van der Waals surface area contributed by atoms with Gasteiger partial charge in [0.25, 0.3) is 5.56 Å². The highest BCUT2D eigenvalue weighted by Gasteiger charge is 2.27. The van der Waals surface area contributed by atoms with Crippen molar-refractivity contribution in [2.24, 2.45) is 4.99 Å². The van der Waals surface area contributed by atoms with E-state index in [1.54, 1.807) is 4.57 Å². The summed E-state index contributed by atoms with van der Waals surface area (Å²) in [6, 6.07) is 0. The maximum Gasteiger partial charge on any atom is 0.267 e. The Morgan fingerprint density at radius 2 is 1.84 bits per heavy atom. The lowest BCUT2D eigenvalue weighted by Gasteiger charge is -2.39. The molecule has 1 aliphatic heterocycles. The molecule has 0 bridgehead atoms. The summed E-state index contributed by atoms with van der Waals surface area (Å²) in [5, 5.41) is 10.4. The number of rotatable bonds is 6. The van der Waals surface area contributed by atoms with Gasteiger partial charge in [-0.2, -0.15) is 0 Å². The monoisotopic (exact) mass is 368 g/mol. The Morgan fingerprint density at radius 1 is 1.24 bits per heavy atom. The summed E-state index contributed by atoms with van der Waals surface area (Å²) in [7, 11) is 0. The molecule has 1 fully saturated rings. The molecular formula is C17H28N4O3S. The van der Waals surface area contributed by atoms with Gasteiger partial charge >= 0.3 is 0 Å². The highest BCUT2D eigenvalue weighted by atomic mass is 32.1. The Morgan fingerprint density at radius 3 is 2.40 bits per heavy atom. The van der Waals surface area contributed by atoms with E-state index in [0.29, 0.717) is 24.4 Å². The van der Waals surface area contributed by atoms with E-state index >= 15 is 0 Å². The average molecular weight is 369 g/mol. The van der Waals surface area contributed by atoms with E-state index in [1.807, 2.05) is 13.8 Å². The van der Waals surface area contributed by atoms with Crippen molar-refractivity contribution in [2.45, 2.75) is 46.3 Å². The molecule has 8 heteroatoms. The van der Waals surface area contributed by atoms with E-state index in [1.165, 1.54) is 10.8 Å². The molecule has 0 amide bonds. The first-order chi connectivity index (χ1) is 11.8. The zero-order valence-corrected chi connectivity index (χ0v) is 16.3. The summed E-state index contributed by atoms with van der Waals surface area (Å²) in [6.45, 7) is 12.7. The number of hydrogen-bond donors (Lipinski definition) is 1. The molecule has 2 rings (SSSR count). The molecule has 0 saturated carbocycles. The number of aliphatic imine (C=N–C) groups is 1. The van der Waals surface area contributed by atoms with Crippen LogP contribution in [0.5, 0.6) is 5.88 Å². The lowest BCUT2D eigenvalue weighted by molar-refractivity contribution is -0.00676. The van der Waals surface area contributed by atoms with Crippen LogP contribution >= 0.6 is 12.2 Å². The van der Waals surface area contributed by atoms with Gasteiger partial charge in [0.2, 0.25) is 5.88 Å². The third-order valence-corrected chi connectivity index (χ3v) is 5.07. The second-order valence-corrected chi connectivity index (χ2v) is 7.06. The van der Waals surface area contributed by atoms with Crippen molar-refractivity contribution < 1.29 is 9.84 Å². The zero-order chi connectivity index (χ0) is 18.6. The minimum atomic E-state index is -0.303. The number of morpholine rings is 1. The van der Waals surface area contributed by atoms with E-state index in [9.17, 15) is 9.90 Å². The normalized spacial score (nSPS) is 16.6. The van der Waals surface area contributed by atoms with Crippen molar-refractivity contribution >= 4 is 18.4 Å². The predicted octanol–water partition coefficient (Wildman–Crippen LogP) is 1.65. The smallest absolute Gasteiger partial charge is 0.267 e. The molecule has 7 nitrogen and oxygen atoms in total. The van der Waals surface area contributed by atoms with Crippen molar-refractivity contribution in [3.63, 3.8) is 0 Å². The Hall–Kier alpha value is -1.51. The van der Waals surface area contributed by atoms with E-state index < -0.39 is 0 Å². The van der Waals surface area contributed by atoms with Gasteiger partial charge < -0.3 is 9.84 Å². The molecule has 1 N–H and O–H groups in total. The zero-order valence-electron chi connectivity index (χ0n) is 15.5. The van der Waals surface area contributed by atoms with Gasteiger partial charge in [0, 0.05) is 37.9 Å². The maximum absolute atomic E-state index is 12.6. The highest BCUT2D eigenvalue weighted by Crippen LogP contribution is 2.17. The first-order valence-electron chi connectivity index (χ1n) is 8.72. The minimum Gasteiger partial charge on any atom is -0.494 e. The van der Waals surface area contributed by atoms with Gasteiger partial charge in [-0.1, -0.05) is 0 Å². The topological polar surface area (TPSA) is 72.0 Å². The average Bonchev–Trinajstić information content (AvgIpc) is 2.59. The molecule has 1 aliphatic rings. The fourth-order valence-electron chi connectivity index (χ4n) is 3.02. The maximum atomic E-state index is 12.6. The molecule has 0 radical (unpaired) electrons. The number of hydrogen-bond acceptors (Lipinski definition) is 6. The molecule has 1 aromatic rings. The molecule has 1 saturated heterocycles. The van der Waals surface area contributed by atoms with Gasteiger partial charge in [0.05, 0.1) is 19.8 Å². The van der Waals surface area contributed by atoms with E-state index in [-0.39, 0.29) is 22.5 Å². The molecule has 0 spiro atoms. The Balaban J connectivity index is 2.29. The second-order valence-electron chi connectivity index (χ2n) is 6.70. The van der Waals surface area contributed by atoms with Crippen LogP contribution in [-0.2, 0) is 17.8 Å². The third-order valence-electron chi connectivity index (χ3n) is 4.63. The van der Waals surface area contributed by atoms with Crippen LogP contribution in [0.2, 0.25) is 0 Å². The van der Waals surface area contributed by atoms with Gasteiger partial charge in [-0.05, 0) is 39.9 Å². The van der Waals surface area contributed by atoms with E-state index in [4.69, 9.17) is 17.0 Å². The van der Waals surface area contributed by atoms with E-state index in [0.717, 1.165) is 26.3 Å². The van der Waals surface area contributed by atoms with Crippen LogP contribution in [0.1, 0.15) is 33.3 Å². The van der Waals surface area contributed by atoms with Crippen molar-refractivity contribution in [1.29, 1.82) is 0 Å². The largest absolute Gasteiger partial charge is 0.494 e. The Labute approximate surface area is 153 Å². The number of nitrogens with zero attached hydrogens (tertiary/aromatic N) is 4. The molecule has 2 heterocycles. The highest BCUT2D eigenvalue weighted by molar-refractivity contribution is 7.71. The standard InChI is InChI=1S/C17H28N4O3S/c1-5-20-14(22)13(15(23)21(6-2)16(20)25)11-18-12-17(3,4)19-7-9-24-10-8-19/h11,22H,5-10,12H2,1-4H3. The van der Waals surface area contributed by atoms with Crippen LogP contribution in [0.4, 0.5) is 0 Å². The molecule has 25 heavy (non-hydrogen) atoms. The number of aromatic hydroxyl groups is 1. The summed E-state index contributed by atoms with van der Waals surface area (Å²) in [6.07, 6.45) is 1.48. The predicted molar refractivity (Wildman–Crippen MR) is 101 cm³/mol. The van der Waals surface area contributed by atoms with Crippen molar-refractivity contribution in [2.75, 3.05) is 32.8 Å². The third kappa shape index (κ3) is 4.19. The van der Waals surface area contributed by atoms with Crippen LogP contribution in [0.15, 0.2) is 9.79 Å². The van der Waals surface area contributed by atoms with Gasteiger partial charge in [-0.25, -0.2) is 0 Å². The lowest BCUT2D eigenvalue weighted by atomic mass is 10.0. The second kappa shape index (κ2) is 8.25. The SMILES string of the molecule is CCn1c(O)c(C=NCC(C)(C)N2CCOCC2)c(=O)n(CC)c1=S. The fraction of sp³-hybridized carbons (Fsp3) is 0.706. The molecule has 140 valence electrons. The number of ether oxygens (including phenoxy) is 1. The van der Waals surface area contributed by atoms with Crippen molar-refractivity contribution in [3.05, 3.63) is 20.7 Å². The lowest BCUT2D eigenvalue weighted by Crippen LogP contribution is -2.51. The molecular weight excluding hydrogens is 340 g/mol. The summed E-state index contributed by atoms with van der Waals surface area (Å²) in [5.41, 5.74) is -0.254. The van der Waals surface area contributed by atoms with Crippen LogP contribution < -0.4 is 5.56 Å². The van der Waals surface area contributed by atoms with Crippen molar-refractivity contribution in [1.82, 2.24) is 14.0 Å². The Kier molecular flexibility index (Phi) is 6.53. The van der Waals surface area contributed by atoms with Gasteiger partial charge in [-0.3, -0.25) is 23.8 Å². The first kappa shape index (κ1) is 19.8. The quantitative estimate of drug-likeness (QED) is 0.611. The first-order valence-corrected chi connectivity index (χ1v) is 9.13. The molecule has 0 aliphatic carbocycles. The Bertz CT molecular complexity index is 745. The summed E-state index contributed by atoms with van der Waals surface area (Å²) in [4.78, 5) is 19.4. The summed E-state index contributed by atoms with van der Waals surface area (Å²) >= 11 is 5.29. The van der Waals surface area contributed by atoms with Crippen LogP contribution in [0.25, 0.3) is 0 Å². The number of aromatic nitrogens is 2. The van der Waals surface area contributed by atoms with Gasteiger partial charge in [-0.15, -0.1) is 0 Å². The minimum absolute atomic E-state index is 0.116.